The van der Waals surface area contributed by atoms with Crippen molar-refractivity contribution in [3.8, 4) is 11.1 Å². The predicted molar refractivity (Wildman–Crippen MR) is 262 cm³/mol. The Morgan fingerprint density at radius 1 is 0.283 bits per heavy atom. The average Bonchev–Trinajstić information content (AvgIpc) is 3.89. The first-order chi connectivity index (χ1) is 29.7. The number of nitrogens with zero attached hydrogens (tertiary/aromatic N) is 2. The number of hydrogen-bond acceptors (Lipinski definition) is 4. The van der Waals surface area contributed by atoms with E-state index in [1.165, 1.54) is 73.3 Å². The van der Waals surface area contributed by atoms with Crippen molar-refractivity contribution >= 4 is 119 Å². The first-order valence-electron chi connectivity index (χ1n) is 20.3. The fraction of sp³-hybridized carbons (Fsp3) is 0. The standard InChI is InChI=1S/C56H36N2S2/c1-3-16-39-34-43(32-30-37(39)14-1)57(51-26-12-23-48-46-21-6-9-28-53(46)59-55(48)51)42-19-11-18-41(36-42)45-20-5-8-25-50(45)58(44-33-31-38-15-2-4-17-40(38)35-44)52-27-13-24-49-47-22-7-10-29-54(47)60-56(49)52/h1-36H. The summed E-state index contributed by atoms with van der Waals surface area (Å²) in [7, 11) is 0. The SMILES string of the molecule is c1cc(-c2ccccc2N(c2ccc3ccccc3c2)c2cccc3c2sc2ccccc23)cc(N(c2ccc3ccccc3c2)c2cccc3c2sc2ccccc23)c1. The maximum atomic E-state index is 2.48. The van der Waals surface area contributed by atoms with Crippen LogP contribution in [0, 0.1) is 0 Å². The van der Waals surface area contributed by atoms with Crippen LogP contribution in [-0.4, -0.2) is 0 Å². The Bertz CT molecular complexity index is 3600. The summed E-state index contributed by atoms with van der Waals surface area (Å²) in [5, 5.41) is 10.0. The molecule has 10 aromatic carbocycles. The molecule has 2 heterocycles. The monoisotopic (exact) mass is 800 g/mol. The molecule has 0 bridgehead atoms. The second-order valence-electron chi connectivity index (χ2n) is 15.3. The Morgan fingerprint density at radius 3 is 1.37 bits per heavy atom. The highest BCUT2D eigenvalue weighted by atomic mass is 32.1. The molecule has 12 aromatic rings. The van der Waals surface area contributed by atoms with E-state index < -0.39 is 0 Å². The Balaban J connectivity index is 1.08. The minimum absolute atomic E-state index is 1.10. The largest absolute Gasteiger partial charge is 0.309 e. The number of benzene rings is 10. The van der Waals surface area contributed by atoms with Crippen LogP contribution in [0.25, 0.3) is 73.0 Å². The molecule has 0 saturated carbocycles. The molecule has 0 unspecified atom stereocenters. The molecular weight excluding hydrogens is 765 g/mol. The number of hydrogen-bond donors (Lipinski definition) is 0. The van der Waals surface area contributed by atoms with Crippen molar-refractivity contribution in [1.82, 2.24) is 0 Å². The zero-order valence-corrected chi connectivity index (χ0v) is 34.1. The van der Waals surface area contributed by atoms with Crippen LogP contribution in [0.4, 0.5) is 34.1 Å². The molecule has 0 fully saturated rings. The highest BCUT2D eigenvalue weighted by molar-refractivity contribution is 7.26. The normalized spacial score (nSPS) is 11.7. The van der Waals surface area contributed by atoms with Crippen LogP contribution in [0.5, 0.6) is 0 Å². The molecule has 2 aromatic heterocycles. The second kappa shape index (κ2) is 14.2. The minimum atomic E-state index is 1.10. The van der Waals surface area contributed by atoms with E-state index in [-0.39, 0.29) is 0 Å². The number of rotatable bonds is 7. The van der Waals surface area contributed by atoms with Gasteiger partial charge in [0.25, 0.3) is 0 Å². The Hall–Kier alpha value is -7.24. The summed E-state index contributed by atoms with van der Waals surface area (Å²) in [5.74, 6) is 0. The lowest BCUT2D eigenvalue weighted by Crippen LogP contribution is -2.12. The molecule has 0 spiro atoms. The van der Waals surface area contributed by atoms with Crippen LogP contribution in [0.1, 0.15) is 0 Å². The molecule has 282 valence electrons. The van der Waals surface area contributed by atoms with Gasteiger partial charge in [-0.15, -0.1) is 22.7 Å². The van der Waals surface area contributed by atoms with Gasteiger partial charge in [0.1, 0.15) is 0 Å². The van der Waals surface area contributed by atoms with Crippen molar-refractivity contribution in [3.05, 3.63) is 218 Å². The van der Waals surface area contributed by atoms with Gasteiger partial charge in [-0.3, -0.25) is 0 Å². The molecular formula is C56H36N2S2. The summed E-state index contributed by atoms with van der Waals surface area (Å²) >= 11 is 3.74. The topological polar surface area (TPSA) is 6.48 Å². The summed E-state index contributed by atoms with van der Waals surface area (Å²) in [4.78, 5) is 4.93. The van der Waals surface area contributed by atoms with Gasteiger partial charge in [-0.2, -0.15) is 0 Å². The molecule has 0 N–H and O–H groups in total. The number of thiophene rings is 2. The van der Waals surface area contributed by atoms with Gasteiger partial charge in [0.2, 0.25) is 0 Å². The lowest BCUT2D eigenvalue weighted by Gasteiger charge is -2.29. The van der Waals surface area contributed by atoms with E-state index in [2.05, 4.69) is 228 Å². The highest BCUT2D eigenvalue weighted by Gasteiger charge is 2.23. The lowest BCUT2D eigenvalue weighted by atomic mass is 9.99. The number of fused-ring (bicyclic) bond motifs is 8. The number of para-hydroxylation sites is 1. The molecule has 60 heavy (non-hydrogen) atoms. The molecule has 0 aliphatic rings. The Morgan fingerprint density at radius 2 is 0.733 bits per heavy atom. The van der Waals surface area contributed by atoms with Crippen molar-refractivity contribution in [2.24, 2.45) is 0 Å². The van der Waals surface area contributed by atoms with Gasteiger partial charge in [-0.05, 0) is 93.8 Å². The van der Waals surface area contributed by atoms with E-state index in [1.807, 2.05) is 22.7 Å². The highest BCUT2D eigenvalue weighted by Crippen LogP contribution is 2.49. The summed E-state index contributed by atoms with van der Waals surface area (Å²) in [6.07, 6.45) is 0. The van der Waals surface area contributed by atoms with E-state index in [0.29, 0.717) is 0 Å². The minimum Gasteiger partial charge on any atom is -0.309 e. The average molecular weight is 801 g/mol. The zero-order chi connectivity index (χ0) is 39.6. The van der Waals surface area contributed by atoms with E-state index in [4.69, 9.17) is 0 Å². The van der Waals surface area contributed by atoms with Crippen molar-refractivity contribution in [1.29, 1.82) is 0 Å². The molecule has 0 saturated heterocycles. The van der Waals surface area contributed by atoms with Crippen LogP contribution in [0.2, 0.25) is 0 Å². The van der Waals surface area contributed by atoms with Crippen molar-refractivity contribution in [2.45, 2.75) is 0 Å². The first-order valence-corrected chi connectivity index (χ1v) is 22.0. The van der Waals surface area contributed by atoms with Crippen LogP contribution >= 0.6 is 22.7 Å². The van der Waals surface area contributed by atoms with Crippen molar-refractivity contribution in [2.75, 3.05) is 9.80 Å². The van der Waals surface area contributed by atoms with E-state index in [1.54, 1.807) is 0 Å². The lowest BCUT2D eigenvalue weighted by molar-refractivity contribution is 1.29. The van der Waals surface area contributed by atoms with Crippen molar-refractivity contribution in [3.63, 3.8) is 0 Å². The maximum absolute atomic E-state index is 2.48. The fourth-order valence-corrected chi connectivity index (χ4v) is 11.4. The van der Waals surface area contributed by atoms with Gasteiger partial charge in [0.05, 0.1) is 26.5 Å². The van der Waals surface area contributed by atoms with Gasteiger partial charge in [-0.1, -0.05) is 152 Å². The number of anilines is 6. The first kappa shape index (κ1) is 34.8. The molecule has 2 nitrogen and oxygen atoms in total. The Kier molecular flexibility index (Phi) is 8.25. The van der Waals surface area contributed by atoms with Crippen LogP contribution in [0.3, 0.4) is 0 Å². The van der Waals surface area contributed by atoms with E-state index in [0.717, 1.165) is 33.9 Å². The third-order valence-corrected chi connectivity index (χ3v) is 14.2. The van der Waals surface area contributed by atoms with Gasteiger partial charge in [0.15, 0.2) is 0 Å². The van der Waals surface area contributed by atoms with Crippen molar-refractivity contribution < 1.29 is 0 Å². The summed E-state index contributed by atoms with van der Waals surface area (Å²) in [6.45, 7) is 0. The Labute approximate surface area is 356 Å². The van der Waals surface area contributed by atoms with Crippen LogP contribution in [0.15, 0.2) is 218 Å². The third-order valence-electron chi connectivity index (χ3n) is 11.8. The quantitative estimate of drug-likeness (QED) is 0.158. The van der Waals surface area contributed by atoms with Gasteiger partial charge in [-0.25, -0.2) is 0 Å². The predicted octanol–water partition coefficient (Wildman–Crippen LogP) is 17.3. The molecule has 0 atom stereocenters. The molecule has 4 heteroatoms. The summed E-state index contributed by atoms with van der Waals surface area (Å²) < 4.78 is 5.14. The summed E-state index contributed by atoms with van der Waals surface area (Å²) in [6, 6.07) is 80.1. The zero-order valence-electron chi connectivity index (χ0n) is 32.5. The molecule has 0 aliphatic carbocycles. The third kappa shape index (κ3) is 5.76. The van der Waals surface area contributed by atoms with E-state index >= 15 is 0 Å². The molecule has 0 aliphatic heterocycles. The molecule has 0 radical (unpaired) electrons. The van der Waals surface area contributed by atoms with Gasteiger partial charge in [0, 0.05) is 53.6 Å². The van der Waals surface area contributed by atoms with Gasteiger partial charge >= 0.3 is 0 Å². The smallest absolute Gasteiger partial charge is 0.0640 e. The second-order valence-corrected chi connectivity index (χ2v) is 17.4. The van der Waals surface area contributed by atoms with E-state index in [9.17, 15) is 0 Å². The van der Waals surface area contributed by atoms with Gasteiger partial charge < -0.3 is 9.80 Å². The molecule has 0 amide bonds. The summed E-state index contributed by atoms with van der Waals surface area (Å²) in [5.41, 5.74) is 9.11. The van der Waals surface area contributed by atoms with Crippen LogP contribution < -0.4 is 9.80 Å². The van der Waals surface area contributed by atoms with Crippen LogP contribution in [-0.2, 0) is 0 Å². The maximum Gasteiger partial charge on any atom is 0.0640 e. The molecule has 12 rings (SSSR count). The fourth-order valence-electron chi connectivity index (χ4n) is 9.01.